The van der Waals surface area contributed by atoms with Crippen LogP contribution in [-0.4, -0.2) is 56.8 Å². The monoisotopic (exact) mass is 490 g/mol. The molecule has 0 amide bonds. The van der Waals surface area contributed by atoms with Crippen LogP contribution in [0.2, 0.25) is 0 Å². The minimum atomic E-state index is 0. The third kappa shape index (κ3) is 7.03. The SMILES string of the molecule is CCNC(=NCc1cccc(OC)c1OC)NC1CCN(C(C)C)CC1.I. The summed E-state index contributed by atoms with van der Waals surface area (Å²) in [5, 5.41) is 6.95. The van der Waals surface area contributed by atoms with Crippen molar-refractivity contribution < 1.29 is 9.47 Å². The highest BCUT2D eigenvalue weighted by Crippen LogP contribution is 2.31. The Balaban J connectivity index is 0.00000364. The van der Waals surface area contributed by atoms with Crippen LogP contribution in [0.1, 0.15) is 39.2 Å². The van der Waals surface area contributed by atoms with Crippen molar-refractivity contribution in [3.8, 4) is 11.5 Å². The Bertz CT molecular complexity index is 587. The first-order valence-electron chi connectivity index (χ1n) is 9.57. The molecule has 0 bridgehead atoms. The van der Waals surface area contributed by atoms with Gasteiger partial charge < -0.3 is 25.0 Å². The van der Waals surface area contributed by atoms with E-state index in [0.717, 1.165) is 55.5 Å². The molecular formula is C20H35IN4O2. The number of ether oxygens (including phenoxy) is 2. The van der Waals surface area contributed by atoms with Crippen LogP contribution in [0.4, 0.5) is 0 Å². The smallest absolute Gasteiger partial charge is 0.191 e. The average molecular weight is 490 g/mol. The first-order valence-corrected chi connectivity index (χ1v) is 9.57. The fourth-order valence-electron chi connectivity index (χ4n) is 3.32. The average Bonchev–Trinajstić information content (AvgIpc) is 2.66. The molecule has 27 heavy (non-hydrogen) atoms. The molecule has 2 rings (SSSR count). The van der Waals surface area contributed by atoms with Gasteiger partial charge in [-0.25, -0.2) is 4.99 Å². The molecule has 1 fully saturated rings. The van der Waals surface area contributed by atoms with E-state index in [1.54, 1.807) is 14.2 Å². The van der Waals surface area contributed by atoms with E-state index in [4.69, 9.17) is 14.5 Å². The summed E-state index contributed by atoms with van der Waals surface area (Å²) in [6.45, 7) is 10.3. The Morgan fingerprint density at radius 3 is 2.48 bits per heavy atom. The number of nitrogens with one attached hydrogen (secondary N) is 2. The number of benzene rings is 1. The van der Waals surface area contributed by atoms with Crippen LogP contribution in [0.15, 0.2) is 23.2 Å². The van der Waals surface area contributed by atoms with Crippen molar-refractivity contribution in [3.63, 3.8) is 0 Å². The number of likely N-dealkylation sites (tertiary alicyclic amines) is 1. The molecule has 0 saturated carbocycles. The lowest BCUT2D eigenvalue weighted by molar-refractivity contribution is 0.167. The summed E-state index contributed by atoms with van der Waals surface area (Å²) < 4.78 is 10.9. The van der Waals surface area contributed by atoms with Gasteiger partial charge in [-0.2, -0.15) is 0 Å². The molecule has 0 aliphatic carbocycles. The van der Waals surface area contributed by atoms with Gasteiger partial charge in [0.1, 0.15) is 0 Å². The number of rotatable bonds is 7. The van der Waals surface area contributed by atoms with Gasteiger partial charge in [0.25, 0.3) is 0 Å². The van der Waals surface area contributed by atoms with Crippen LogP contribution in [0.3, 0.4) is 0 Å². The summed E-state index contributed by atoms with van der Waals surface area (Å²) >= 11 is 0. The van der Waals surface area contributed by atoms with Crippen LogP contribution < -0.4 is 20.1 Å². The van der Waals surface area contributed by atoms with Crippen molar-refractivity contribution in [1.29, 1.82) is 0 Å². The standard InChI is InChI=1S/C20H34N4O2.HI/c1-6-21-20(23-17-10-12-24(13-11-17)15(2)3)22-14-16-8-7-9-18(25-4)19(16)26-5;/h7-9,15,17H,6,10-14H2,1-5H3,(H2,21,22,23);1H. The maximum atomic E-state index is 5.50. The molecule has 1 heterocycles. The fourth-order valence-corrected chi connectivity index (χ4v) is 3.32. The number of aliphatic imine (C=N–C) groups is 1. The van der Waals surface area contributed by atoms with E-state index >= 15 is 0 Å². The molecule has 1 aliphatic heterocycles. The lowest BCUT2D eigenvalue weighted by Gasteiger charge is -2.35. The van der Waals surface area contributed by atoms with E-state index in [2.05, 4.69) is 36.3 Å². The van der Waals surface area contributed by atoms with Crippen LogP contribution in [-0.2, 0) is 6.54 Å². The topological polar surface area (TPSA) is 58.1 Å². The molecule has 7 heteroatoms. The number of nitrogens with zero attached hydrogens (tertiary/aromatic N) is 2. The highest BCUT2D eigenvalue weighted by atomic mass is 127. The van der Waals surface area contributed by atoms with Gasteiger partial charge in [0.2, 0.25) is 0 Å². The third-order valence-corrected chi connectivity index (χ3v) is 4.84. The zero-order valence-electron chi connectivity index (χ0n) is 17.2. The maximum Gasteiger partial charge on any atom is 0.191 e. The zero-order chi connectivity index (χ0) is 18.9. The molecule has 0 radical (unpaired) electrons. The third-order valence-electron chi connectivity index (χ3n) is 4.84. The molecule has 1 aromatic carbocycles. The van der Waals surface area contributed by atoms with E-state index in [0.29, 0.717) is 18.6 Å². The highest BCUT2D eigenvalue weighted by Gasteiger charge is 2.21. The largest absolute Gasteiger partial charge is 0.493 e. The molecular weight excluding hydrogens is 455 g/mol. The molecule has 0 atom stereocenters. The van der Waals surface area contributed by atoms with Gasteiger partial charge >= 0.3 is 0 Å². The number of guanidine groups is 1. The van der Waals surface area contributed by atoms with E-state index in [-0.39, 0.29) is 24.0 Å². The van der Waals surface area contributed by atoms with Crippen LogP contribution in [0, 0.1) is 0 Å². The predicted octanol–water partition coefficient (Wildman–Crippen LogP) is 3.25. The van der Waals surface area contributed by atoms with E-state index in [1.807, 2.05) is 18.2 Å². The van der Waals surface area contributed by atoms with E-state index < -0.39 is 0 Å². The summed E-state index contributed by atoms with van der Waals surface area (Å²) in [4.78, 5) is 7.29. The van der Waals surface area contributed by atoms with Crippen molar-refractivity contribution in [2.24, 2.45) is 4.99 Å². The van der Waals surface area contributed by atoms with Crippen molar-refractivity contribution >= 4 is 29.9 Å². The van der Waals surface area contributed by atoms with Crippen molar-refractivity contribution in [2.75, 3.05) is 33.9 Å². The minimum absolute atomic E-state index is 0. The van der Waals surface area contributed by atoms with Crippen molar-refractivity contribution in [2.45, 2.75) is 52.2 Å². The number of piperidine rings is 1. The lowest BCUT2D eigenvalue weighted by Crippen LogP contribution is -2.49. The maximum absolute atomic E-state index is 5.50. The molecule has 6 nitrogen and oxygen atoms in total. The van der Waals surface area contributed by atoms with Gasteiger partial charge in [0, 0.05) is 37.3 Å². The van der Waals surface area contributed by atoms with Crippen LogP contribution in [0.5, 0.6) is 11.5 Å². The summed E-state index contributed by atoms with van der Waals surface area (Å²) in [7, 11) is 3.32. The molecule has 154 valence electrons. The van der Waals surface area contributed by atoms with E-state index in [9.17, 15) is 0 Å². The second-order valence-corrected chi connectivity index (χ2v) is 6.90. The quantitative estimate of drug-likeness (QED) is 0.349. The molecule has 0 spiro atoms. The molecule has 1 aromatic rings. The molecule has 1 saturated heterocycles. The second-order valence-electron chi connectivity index (χ2n) is 6.90. The van der Waals surface area contributed by atoms with Gasteiger partial charge in [0.15, 0.2) is 17.5 Å². The fraction of sp³-hybridized carbons (Fsp3) is 0.650. The Kier molecular flexibility index (Phi) is 10.8. The van der Waals surface area contributed by atoms with Crippen molar-refractivity contribution in [3.05, 3.63) is 23.8 Å². The number of para-hydroxylation sites is 1. The first-order chi connectivity index (χ1) is 12.6. The van der Waals surface area contributed by atoms with Crippen LogP contribution >= 0.6 is 24.0 Å². The van der Waals surface area contributed by atoms with Crippen LogP contribution in [0.25, 0.3) is 0 Å². The Morgan fingerprint density at radius 1 is 1.22 bits per heavy atom. The van der Waals surface area contributed by atoms with Gasteiger partial charge in [-0.1, -0.05) is 12.1 Å². The normalized spacial score (nSPS) is 16.0. The van der Waals surface area contributed by atoms with Gasteiger partial charge in [-0.05, 0) is 39.7 Å². The molecule has 1 aliphatic rings. The second kappa shape index (κ2) is 12.3. The van der Waals surface area contributed by atoms with E-state index in [1.165, 1.54) is 0 Å². The molecule has 0 unspecified atom stereocenters. The zero-order valence-corrected chi connectivity index (χ0v) is 19.6. The number of halogens is 1. The summed E-state index contributed by atoms with van der Waals surface area (Å²) in [6, 6.07) is 6.98. The summed E-state index contributed by atoms with van der Waals surface area (Å²) in [5.74, 6) is 2.35. The number of hydrogen-bond donors (Lipinski definition) is 2. The summed E-state index contributed by atoms with van der Waals surface area (Å²) in [5.41, 5.74) is 1.01. The first kappa shape index (κ1) is 23.8. The number of methoxy groups -OCH3 is 2. The van der Waals surface area contributed by atoms with Gasteiger partial charge in [0.05, 0.1) is 20.8 Å². The predicted molar refractivity (Wildman–Crippen MR) is 123 cm³/mol. The Labute approximate surface area is 181 Å². The Morgan fingerprint density at radius 2 is 1.93 bits per heavy atom. The number of hydrogen-bond acceptors (Lipinski definition) is 4. The van der Waals surface area contributed by atoms with Gasteiger partial charge in [-0.3, -0.25) is 0 Å². The summed E-state index contributed by atoms with van der Waals surface area (Å²) in [6.07, 6.45) is 2.29. The Hall–Kier alpha value is -1.22. The lowest BCUT2D eigenvalue weighted by atomic mass is 10.0. The minimum Gasteiger partial charge on any atom is -0.493 e. The van der Waals surface area contributed by atoms with Gasteiger partial charge in [-0.15, -0.1) is 24.0 Å². The molecule has 2 N–H and O–H groups in total. The molecule has 0 aromatic heterocycles. The van der Waals surface area contributed by atoms with Crippen molar-refractivity contribution in [1.82, 2.24) is 15.5 Å². The highest BCUT2D eigenvalue weighted by molar-refractivity contribution is 14.0.